The van der Waals surface area contributed by atoms with Crippen LogP contribution in [0.4, 0.5) is 10.1 Å². The molecule has 0 unspecified atom stereocenters. The van der Waals surface area contributed by atoms with E-state index in [0.717, 1.165) is 5.56 Å². The highest BCUT2D eigenvalue weighted by Gasteiger charge is 2.14. The molecule has 0 aliphatic heterocycles. The Balaban J connectivity index is 2.20. The molecule has 0 aliphatic carbocycles. The van der Waals surface area contributed by atoms with Gasteiger partial charge in [-0.1, -0.05) is 30.3 Å². The van der Waals surface area contributed by atoms with Gasteiger partial charge in [0.1, 0.15) is 5.82 Å². The Morgan fingerprint density at radius 3 is 2.57 bits per heavy atom. The number of aliphatic hydroxyl groups is 1. The van der Waals surface area contributed by atoms with Crippen LogP contribution < -0.4 is 4.72 Å². The van der Waals surface area contributed by atoms with E-state index >= 15 is 0 Å². The molecule has 6 heteroatoms. The number of halogens is 1. The lowest BCUT2D eigenvalue weighted by Crippen LogP contribution is -2.16. The zero-order valence-electron chi connectivity index (χ0n) is 11.5. The fourth-order valence-corrected chi connectivity index (χ4v) is 3.14. The molecule has 0 heterocycles. The van der Waals surface area contributed by atoms with Crippen LogP contribution in [0.3, 0.4) is 0 Å². The van der Waals surface area contributed by atoms with Gasteiger partial charge in [-0.3, -0.25) is 4.72 Å². The predicted octanol–water partition coefficient (Wildman–Crippen LogP) is 2.57. The Hall–Kier alpha value is -1.92. The van der Waals surface area contributed by atoms with Gasteiger partial charge in [0.15, 0.2) is 0 Å². The Labute approximate surface area is 123 Å². The number of aliphatic hydroxyl groups excluding tert-OH is 1. The molecule has 0 radical (unpaired) electrons. The number of anilines is 1. The lowest BCUT2D eigenvalue weighted by Gasteiger charge is -2.10. The van der Waals surface area contributed by atoms with Crippen LogP contribution in [0, 0.1) is 12.7 Å². The van der Waals surface area contributed by atoms with Crippen molar-refractivity contribution in [2.75, 3.05) is 4.72 Å². The molecule has 2 N–H and O–H groups in total. The lowest BCUT2D eigenvalue weighted by molar-refractivity contribution is 0.282. The van der Waals surface area contributed by atoms with Gasteiger partial charge < -0.3 is 5.11 Å². The zero-order chi connectivity index (χ0) is 15.5. The van der Waals surface area contributed by atoms with Crippen molar-refractivity contribution in [1.82, 2.24) is 0 Å². The van der Waals surface area contributed by atoms with Gasteiger partial charge in [-0.2, -0.15) is 0 Å². The molecule has 21 heavy (non-hydrogen) atoms. The van der Waals surface area contributed by atoms with E-state index in [9.17, 15) is 12.8 Å². The summed E-state index contributed by atoms with van der Waals surface area (Å²) in [6.45, 7) is 1.59. The second-order valence-electron chi connectivity index (χ2n) is 4.82. The normalized spacial score (nSPS) is 11.4. The zero-order valence-corrected chi connectivity index (χ0v) is 12.3. The van der Waals surface area contributed by atoms with Gasteiger partial charge >= 0.3 is 0 Å². The number of benzene rings is 2. The average molecular weight is 309 g/mol. The standard InChI is InChI=1S/C15H16FNO3S/c1-11-5-6-14(16)15(7-11)17-21(19,20)10-13-4-2-3-12(8-13)9-18/h2-8,17-18H,9-10H2,1H3. The maximum atomic E-state index is 13.6. The summed E-state index contributed by atoms with van der Waals surface area (Å²) in [5.74, 6) is -0.901. The molecule has 0 aliphatic rings. The van der Waals surface area contributed by atoms with Crippen LogP contribution in [0.25, 0.3) is 0 Å². The second-order valence-corrected chi connectivity index (χ2v) is 6.54. The highest BCUT2D eigenvalue weighted by atomic mass is 32.2. The van der Waals surface area contributed by atoms with Crippen molar-refractivity contribution in [2.45, 2.75) is 19.3 Å². The van der Waals surface area contributed by atoms with Crippen molar-refractivity contribution in [1.29, 1.82) is 0 Å². The molecule has 2 aromatic rings. The van der Waals surface area contributed by atoms with Crippen molar-refractivity contribution in [3.63, 3.8) is 0 Å². The first-order chi connectivity index (χ1) is 9.89. The molecule has 0 fully saturated rings. The molecule has 112 valence electrons. The minimum absolute atomic E-state index is 0.0617. The quantitative estimate of drug-likeness (QED) is 0.892. The molecule has 0 atom stereocenters. The van der Waals surface area contributed by atoms with E-state index < -0.39 is 15.8 Å². The third kappa shape index (κ3) is 4.27. The first-order valence-electron chi connectivity index (χ1n) is 6.35. The largest absolute Gasteiger partial charge is 0.392 e. The summed E-state index contributed by atoms with van der Waals surface area (Å²) < 4.78 is 40.0. The number of aryl methyl sites for hydroxylation is 1. The van der Waals surface area contributed by atoms with Gasteiger partial charge in [-0.25, -0.2) is 12.8 Å². The smallest absolute Gasteiger partial charge is 0.237 e. The van der Waals surface area contributed by atoms with E-state index in [4.69, 9.17) is 5.11 Å². The molecule has 0 saturated carbocycles. The van der Waals surface area contributed by atoms with Crippen molar-refractivity contribution in [2.24, 2.45) is 0 Å². The summed E-state index contributed by atoms with van der Waals surface area (Å²) in [7, 11) is -3.72. The Bertz CT molecular complexity index is 744. The average Bonchev–Trinajstić information content (AvgIpc) is 2.42. The number of hydrogen-bond donors (Lipinski definition) is 2. The summed E-state index contributed by atoms with van der Waals surface area (Å²) >= 11 is 0. The number of rotatable bonds is 5. The van der Waals surface area contributed by atoms with E-state index in [1.807, 2.05) is 0 Å². The second kappa shape index (κ2) is 6.24. The first kappa shape index (κ1) is 15.5. The number of sulfonamides is 1. The molecule has 0 aromatic heterocycles. The molecule has 2 rings (SSSR count). The van der Waals surface area contributed by atoms with Gasteiger partial charge in [-0.05, 0) is 35.7 Å². The van der Waals surface area contributed by atoms with E-state index in [1.54, 1.807) is 37.3 Å². The Morgan fingerprint density at radius 1 is 1.14 bits per heavy atom. The maximum Gasteiger partial charge on any atom is 0.237 e. The minimum Gasteiger partial charge on any atom is -0.392 e. The molecule has 2 aromatic carbocycles. The molecular weight excluding hydrogens is 293 g/mol. The van der Waals surface area contributed by atoms with Crippen LogP contribution in [0.1, 0.15) is 16.7 Å². The van der Waals surface area contributed by atoms with Crippen LogP contribution in [0.5, 0.6) is 0 Å². The molecule has 4 nitrogen and oxygen atoms in total. The highest BCUT2D eigenvalue weighted by molar-refractivity contribution is 7.91. The van der Waals surface area contributed by atoms with Crippen LogP contribution >= 0.6 is 0 Å². The minimum atomic E-state index is -3.72. The molecule has 0 bridgehead atoms. The van der Waals surface area contributed by atoms with Crippen molar-refractivity contribution < 1.29 is 17.9 Å². The number of hydrogen-bond acceptors (Lipinski definition) is 3. The van der Waals surface area contributed by atoms with Gasteiger partial charge in [0.2, 0.25) is 10.0 Å². The fourth-order valence-electron chi connectivity index (χ4n) is 1.96. The van der Waals surface area contributed by atoms with Gasteiger partial charge in [0.05, 0.1) is 18.0 Å². The summed E-state index contributed by atoms with van der Waals surface area (Å²) in [6.07, 6.45) is 0. The van der Waals surface area contributed by atoms with Crippen LogP contribution in [-0.2, 0) is 22.4 Å². The highest BCUT2D eigenvalue weighted by Crippen LogP contribution is 2.19. The van der Waals surface area contributed by atoms with E-state index in [0.29, 0.717) is 11.1 Å². The SMILES string of the molecule is Cc1ccc(F)c(NS(=O)(=O)Cc2cccc(CO)c2)c1. The summed E-state index contributed by atoms with van der Waals surface area (Å²) in [5, 5.41) is 9.05. The van der Waals surface area contributed by atoms with Crippen LogP contribution in [-0.4, -0.2) is 13.5 Å². The summed E-state index contributed by atoms with van der Waals surface area (Å²) in [5.41, 5.74) is 1.86. The monoisotopic (exact) mass is 309 g/mol. The third-order valence-electron chi connectivity index (χ3n) is 2.92. The Morgan fingerprint density at radius 2 is 1.86 bits per heavy atom. The molecule has 0 saturated heterocycles. The lowest BCUT2D eigenvalue weighted by atomic mass is 10.1. The molecular formula is C15H16FNO3S. The summed E-state index contributed by atoms with van der Waals surface area (Å²) in [6, 6.07) is 10.8. The summed E-state index contributed by atoms with van der Waals surface area (Å²) in [4.78, 5) is 0. The van der Waals surface area contributed by atoms with Crippen molar-refractivity contribution >= 4 is 15.7 Å². The molecule has 0 spiro atoms. The van der Waals surface area contributed by atoms with Crippen molar-refractivity contribution in [3.05, 3.63) is 65.0 Å². The topological polar surface area (TPSA) is 66.4 Å². The van der Waals surface area contributed by atoms with Crippen molar-refractivity contribution in [3.8, 4) is 0 Å². The van der Waals surface area contributed by atoms with Gasteiger partial charge in [-0.15, -0.1) is 0 Å². The fraction of sp³-hybridized carbons (Fsp3) is 0.200. The third-order valence-corrected chi connectivity index (χ3v) is 4.16. The van der Waals surface area contributed by atoms with Crippen LogP contribution in [0.15, 0.2) is 42.5 Å². The van der Waals surface area contributed by atoms with E-state index in [-0.39, 0.29) is 18.0 Å². The number of nitrogens with one attached hydrogen (secondary N) is 1. The van der Waals surface area contributed by atoms with Gasteiger partial charge in [0.25, 0.3) is 0 Å². The predicted molar refractivity (Wildman–Crippen MR) is 79.7 cm³/mol. The van der Waals surface area contributed by atoms with E-state index in [1.165, 1.54) is 12.1 Å². The van der Waals surface area contributed by atoms with E-state index in [2.05, 4.69) is 4.72 Å². The Kier molecular flexibility index (Phi) is 4.59. The first-order valence-corrected chi connectivity index (χ1v) is 8.00. The van der Waals surface area contributed by atoms with Gasteiger partial charge in [0, 0.05) is 0 Å². The molecule has 0 amide bonds. The van der Waals surface area contributed by atoms with Crippen LogP contribution in [0.2, 0.25) is 0 Å². The maximum absolute atomic E-state index is 13.6.